The number of fused-ring (bicyclic) bond motifs is 1. The molecule has 0 atom stereocenters. The summed E-state index contributed by atoms with van der Waals surface area (Å²) < 4.78 is 0. The average Bonchev–Trinajstić information content (AvgIpc) is 2.97. The molecule has 0 amide bonds. The summed E-state index contributed by atoms with van der Waals surface area (Å²) in [6.07, 6.45) is 6.14. The zero-order chi connectivity index (χ0) is 19.0. The van der Waals surface area contributed by atoms with Crippen molar-refractivity contribution in [2.45, 2.75) is 51.5 Å². The van der Waals surface area contributed by atoms with E-state index < -0.39 is 0 Å². The third-order valence-electron chi connectivity index (χ3n) is 5.09. The van der Waals surface area contributed by atoms with Crippen molar-refractivity contribution >= 4 is 62.2 Å². The number of nitrogens with zero attached hydrogens (tertiary/aromatic N) is 2. The number of benzene rings is 1. The van der Waals surface area contributed by atoms with Crippen molar-refractivity contribution in [3.8, 4) is 0 Å². The van der Waals surface area contributed by atoms with Gasteiger partial charge >= 0.3 is 0 Å². The maximum absolute atomic E-state index is 6.56. The van der Waals surface area contributed by atoms with Gasteiger partial charge in [0.1, 0.15) is 16.5 Å². The van der Waals surface area contributed by atoms with Gasteiger partial charge in [-0.3, -0.25) is 0 Å². The van der Waals surface area contributed by atoms with Crippen LogP contribution in [0.3, 0.4) is 0 Å². The van der Waals surface area contributed by atoms with Crippen LogP contribution in [0.5, 0.6) is 0 Å². The van der Waals surface area contributed by atoms with Crippen molar-refractivity contribution in [2.75, 3.05) is 5.32 Å². The SMILES string of the molecule is Cc1sc2nc(C3CCCCC3)nc(NCc3ccc(Cl)c(Cl)c3)c2c1Cl. The first kappa shape index (κ1) is 19.3. The summed E-state index contributed by atoms with van der Waals surface area (Å²) in [7, 11) is 0. The summed E-state index contributed by atoms with van der Waals surface area (Å²) >= 11 is 20.4. The van der Waals surface area contributed by atoms with E-state index in [0.717, 1.165) is 50.2 Å². The minimum absolute atomic E-state index is 0.440. The quantitative estimate of drug-likeness (QED) is 0.453. The largest absolute Gasteiger partial charge is 0.365 e. The molecule has 0 saturated heterocycles. The van der Waals surface area contributed by atoms with E-state index in [-0.39, 0.29) is 0 Å². The van der Waals surface area contributed by atoms with E-state index in [0.29, 0.717) is 22.5 Å². The number of rotatable bonds is 4. The molecular weight excluding hydrogens is 421 g/mol. The van der Waals surface area contributed by atoms with E-state index in [9.17, 15) is 0 Å². The van der Waals surface area contributed by atoms with Crippen molar-refractivity contribution in [1.29, 1.82) is 0 Å². The van der Waals surface area contributed by atoms with Crippen LogP contribution in [0.1, 0.15) is 54.3 Å². The zero-order valence-electron chi connectivity index (χ0n) is 15.0. The maximum atomic E-state index is 6.56. The molecule has 2 heterocycles. The van der Waals surface area contributed by atoms with Gasteiger partial charge in [-0.15, -0.1) is 11.3 Å². The molecule has 27 heavy (non-hydrogen) atoms. The fraction of sp³-hybridized carbons (Fsp3) is 0.400. The predicted molar refractivity (Wildman–Crippen MR) is 117 cm³/mol. The number of halogens is 3. The predicted octanol–water partition coefficient (Wildman–Crippen LogP) is 7.62. The number of nitrogens with one attached hydrogen (secondary N) is 1. The van der Waals surface area contributed by atoms with E-state index in [1.807, 2.05) is 25.1 Å². The maximum Gasteiger partial charge on any atom is 0.140 e. The first-order valence-corrected chi connectivity index (χ1v) is 11.1. The van der Waals surface area contributed by atoms with Crippen LogP contribution in [0.15, 0.2) is 18.2 Å². The fourth-order valence-electron chi connectivity index (χ4n) is 3.60. The minimum Gasteiger partial charge on any atom is -0.365 e. The number of aromatic nitrogens is 2. The molecule has 3 aromatic rings. The van der Waals surface area contributed by atoms with E-state index >= 15 is 0 Å². The number of anilines is 1. The molecule has 0 radical (unpaired) electrons. The topological polar surface area (TPSA) is 37.8 Å². The van der Waals surface area contributed by atoms with Gasteiger partial charge < -0.3 is 5.32 Å². The zero-order valence-corrected chi connectivity index (χ0v) is 18.1. The Labute approximate surface area is 178 Å². The van der Waals surface area contributed by atoms with Gasteiger partial charge in [0.05, 0.1) is 20.5 Å². The first-order valence-electron chi connectivity index (χ1n) is 9.17. The second-order valence-electron chi connectivity index (χ2n) is 7.02. The van der Waals surface area contributed by atoms with Crippen LogP contribution in [0.25, 0.3) is 10.2 Å². The van der Waals surface area contributed by atoms with Gasteiger partial charge in [-0.1, -0.05) is 60.1 Å². The Morgan fingerprint density at radius 1 is 1.07 bits per heavy atom. The normalized spacial score (nSPS) is 15.4. The Bertz CT molecular complexity index is 980. The molecule has 1 fully saturated rings. The van der Waals surface area contributed by atoms with Crippen molar-refractivity contribution in [3.63, 3.8) is 0 Å². The van der Waals surface area contributed by atoms with Gasteiger partial charge in [-0.05, 0) is 37.5 Å². The van der Waals surface area contributed by atoms with E-state index in [1.165, 1.54) is 19.3 Å². The van der Waals surface area contributed by atoms with Crippen molar-refractivity contribution in [3.05, 3.63) is 49.5 Å². The number of aryl methyl sites for hydroxylation is 1. The number of hydrogen-bond donors (Lipinski definition) is 1. The standard InChI is InChI=1S/C20H20Cl3N3S/c1-11-17(23)16-19(24-10-12-7-8-14(21)15(22)9-12)25-18(26-20(16)27-11)13-5-3-2-4-6-13/h7-9,13H,2-6,10H2,1H3,(H,24,25,26). The summed E-state index contributed by atoms with van der Waals surface area (Å²) in [6.45, 7) is 2.62. The highest BCUT2D eigenvalue weighted by molar-refractivity contribution is 7.19. The van der Waals surface area contributed by atoms with Gasteiger partial charge in [0.25, 0.3) is 0 Å². The van der Waals surface area contributed by atoms with Gasteiger partial charge in [0.2, 0.25) is 0 Å². The van der Waals surface area contributed by atoms with E-state index in [1.54, 1.807) is 11.3 Å². The Morgan fingerprint density at radius 2 is 1.85 bits per heavy atom. The summed E-state index contributed by atoms with van der Waals surface area (Å²) in [6, 6.07) is 5.64. The molecule has 4 rings (SSSR count). The van der Waals surface area contributed by atoms with Crippen molar-refractivity contribution < 1.29 is 0 Å². The fourth-order valence-corrected chi connectivity index (χ4v) is 5.19. The molecule has 7 heteroatoms. The van der Waals surface area contributed by atoms with Gasteiger partial charge in [-0.2, -0.15) is 0 Å². The van der Waals surface area contributed by atoms with Crippen LogP contribution in [0, 0.1) is 6.92 Å². The second kappa shape index (κ2) is 8.12. The highest BCUT2D eigenvalue weighted by atomic mass is 35.5. The average molecular weight is 441 g/mol. The number of hydrogen-bond acceptors (Lipinski definition) is 4. The molecule has 1 aliphatic rings. The Hall–Kier alpha value is -1.07. The summed E-state index contributed by atoms with van der Waals surface area (Å²) in [5.41, 5.74) is 1.04. The van der Waals surface area contributed by atoms with E-state index in [2.05, 4.69) is 5.32 Å². The molecule has 0 aliphatic heterocycles. The van der Waals surface area contributed by atoms with Crippen LogP contribution in [0.2, 0.25) is 15.1 Å². The molecule has 3 nitrogen and oxygen atoms in total. The van der Waals surface area contributed by atoms with E-state index in [4.69, 9.17) is 44.8 Å². The Morgan fingerprint density at radius 3 is 2.59 bits per heavy atom. The van der Waals surface area contributed by atoms with Gasteiger partial charge in [-0.25, -0.2) is 9.97 Å². The van der Waals surface area contributed by atoms with Gasteiger partial charge in [0, 0.05) is 17.3 Å². The smallest absolute Gasteiger partial charge is 0.140 e. The lowest BCUT2D eigenvalue weighted by atomic mass is 9.88. The molecule has 1 aliphatic carbocycles. The molecule has 0 spiro atoms. The lowest BCUT2D eigenvalue weighted by Crippen LogP contribution is -2.11. The van der Waals surface area contributed by atoms with Crippen molar-refractivity contribution in [2.24, 2.45) is 0 Å². The van der Waals surface area contributed by atoms with Crippen molar-refractivity contribution in [1.82, 2.24) is 9.97 Å². The monoisotopic (exact) mass is 439 g/mol. The van der Waals surface area contributed by atoms with Crippen LogP contribution < -0.4 is 5.32 Å². The second-order valence-corrected chi connectivity index (χ2v) is 9.42. The first-order chi connectivity index (χ1) is 13.0. The number of thiophene rings is 1. The summed E-state index contributed by atoms with van der Waals surface area (Å²) in [5, 5.41) is 6.22. The van der Waals surface area contributed by atoms with Crippen LogP contribution in [-0.2, 0) is 6.54 Å². The molecule has 0 unspecified atom stereocenters. The van der Waals surface area contributed by atoms with Gasteiger partial charge in [0.15, 0.2) is 0 Å². The van der Waals surface area contributed by atoms with Crippen LogP contribution >= 0.6 is 46.1 Å². The lowest BCUT2D eigenvalue weighted by Gasteiger charge is -2.21. The molecular formula is C20H20Cl3N3S. The Balaban J connectivity index is 1.69. The molecule has 2 aromatic heterocycles. The van der Waals surface area contributed by atoms with Crippen LogP contribution in [-0.4, -0.2) is 9.97 Å². The molecule has 1 aromatic carbocycles. The molecule has 142 valence electrons. The molecule has 1 N–H and O–H groups in total. The third-order valence-corrected chi connectivity index (χ3v) is 7.41. The Kier molecular flexibility index (Phi) is 5.79. The minimum atomic E-state index is 0.440. The summed E-state index contributed by atoms with van der Waals surface area (Å²) in [5.74, 6) is 2.19. The lowest BCUT2D eigenvalue weighted by molar-refractivity contribution is 0.430. The highest BCUT2D eigenvalue weighted by Crippen LogP contribution is 2.40. The molecule has 1 saturated carbocycles. The third kappa shape index (κ3) is 4.04. The molecule has 0 bridgehead atoms. The van der Waals surface area contributed by atoms with Crippen LogP contribution in [0.4, 0.5) is 5.82 Å². The highest BCUT2D eigenvalue weighted by Gasteiger charge is 2.22. The summed E-state index contributed by atoms with van der Waals surface area (Å²) in [4.78, 5) is 11.8.